The molecule has 1 heterocycles. The lowest BCUT2D eigenvalue weighted by Gasteiger charge is -2.28. The molecule has 0 aliphatic heterocycles. The third-order valence-corrected chi connectivity index (χ3v) is 5.42. The quantitative estimate of drug-likeness (QED) is 0.797. The number of rotatable bonds is 4. The van der Waals surface area contributed by atoms with E-state index in [0.717, 1.165) is 17.5 Å². The molecular weight excluding hydrogens is 264 g/mol. The highest BCUT2D eigenvalue weighted by molar-refractivity contribution is 5.97. The van der Waals surface area contributed by atoms with Crippen LogP contribution in [-0.2, 0) is 0 Å². The van der Waals surface area contributed by atoms with Gasteiger partial charge in [-0.25, -0.2) is 0 Å². The lowest BCUT2D eigenvalue weighted by Crippen LogP contribution is -2.40. The number of carbonyl (C=O) groups is 1. The first-order chi connectivity index (χ1) is 9.97. The van der Waals surface area contributed by atoms with Crippen molar-refractivity contribution < 1.29 is 4.79 Å². The van der Waals surface area contributed by atoms with Gasteiger partial charge in [0, 0.05) is 6.04 Å². The van der Waals surface area contributed by atoms with Gasteiger partial charge in [0.2, 0.25) is 0 Å². The van der Waals surface area contributed by atoms with Crippen molar-refractivity contribution in [2.24, 2.45) is 17.8 Å². The molecule has 4 N–H and O–H groups in total. The van der Waals surface area contributed by atoms with Gasteiger partial charge in [-0.15, -0.1) is 0 Å². The lowest BCUT2D eigenvalue weighted by molar-refractivity contribution is 0.0911. The van der Waals surface area contributed by atoms with Crippen LogP contribution in [0.4, 0.5) is 5.69 Å². The highest BCUT2D eigenvalue weighted by Gasteiger charge is 2.42. The van der Waals surface area contributed by atoms with Crippen molar-refractivity contribution in [1.29, 1.82) is 0 Å². The summed E-state index contributed by atoms with van der Waals surface area (Å²) in [4.78, 5) is 12.4. The Morgan fingerprint density at radius 1 is 1.33 bits per heavy atom. The third-order valence-electron chi connectivity index (χ3n) is 5.42. The highest BCUT2D eigenvalue weighted by atomic mass is 16.2. The van der Waals surface area contributed by atoms with E-state index < -0.39 is 0 Å². The van der Waals surface area contributed by atoms with Crippen LogP contribution in [0.5, 0.6) is 0 Å². The van der Waals surface area contributed by atoms with Crippen molar-refractivity contribution in [3.63, 3.8) is 0 Å². The number of nitrogens with two attached hydrogens (primary N) is 1. The Kier molecular flexibility index (Phi) is 3.68. The largest absolute Gasteiger partial charge is 0.395 e. The van der Waals surface area contributed by atoms with Crippen molar-refractivity contribution in [3.05, 3.63) is 11.4 Å². The van der Waals surface area contributed by atoms with Crippen LogP contribution in [0.3, 0.4) is 0 Å². The van der Waals surface area contributed by atoms with Crippen LogP contribution in [-0.4, -0.2) is 22.1 Å². The van der Waals surface area contributed by atoms with Gasteiger partial charge >= 0.3 is 0 Å². The maximum atomic E-state index is 12.4. The Balaban J connectivity index is 1.66. The molecule has 0 aromatic carbocycles. The molecule has 5 heteroatoms. The van der Waals surface area contributed by atoms with Crippen molar-refractivity contribution in [2.45, 2.75) is 58.4 Å². The number of hydrogen-bond donors (Lipinski definition) is 3. The van der Waals surface area contributed by atoms with E-state index >= 15 is 0 Å². The van der Waals surface area contributed by atoms with Gasteiger partial charge in [0.15, 0.2) is 5.69 Å². The van der Waals surface area contributed by atoms with Crippen molar-refractivity contribution in [1.82, 2.24) is 15.5 Å². The summed E-state index contributed by atoms with van der Waals surface area (Å²) < 4.78 is 0. The van der Waals surface area contributed by atoms with Crippen LogP contribution in [0, 0.1) is 17.8 Å². The Labute approximate surface area is 126 Å². The third kappa shape index (κ3) is 2.54. The first-order valence-electron chi connectivity index (χ1n) is 8.12. The predicted molar refractivity (Wildman–Crippen MR) is 83.0 cm³/mol. The van der Waals surface area contributed by atoms with E-state index in [4.69, 9.17) is 5.73 Å². The van der Waals surface area contributed by atoms with Gasteiger partial charge in [0.05, 0.1) is 11.4 Å². The van der Waals surface area contributed by atoms with Crippen molar-refractivity contribution in [3.8, 4) is 0 Å². The zero-order chi connectivity index (χ0) is 15.1. The zero-order valence-electron chi connectivity index (χ0n) is 13.1. The number of H-pyrrole nitrogens is 1. The number of nitrogen functional groups attached to an aromatic ring is 1. The van der Waals surface area contributed by atoms with Gasteiger partial charge in [-0.2, -0.15) is 5.10 Å². The molecule has 4 unspecified atom stereocenters. The summed E-state index contributed by atoms with van der Waals surface area (Å²) in [7, 11) is 0. The Morgan fingerprint density at radius 2 is 2.10 bits per heavy atom. The van der Waals surface area contributed by atoms with Crippen LogP contribution in [0.15, 0.2) is 0 Å². The lowest BCUT2D eigenvalue weighted by atomic mass is 9.84. The number of nitrogens with one attached hydrogen (secondary N) is 2. The Morgan fingerprint density at radius 3 is 2.62 bits per heavy atom. The number of anilines is 1. The molecule has 21 heavy (non-hydrogen) atoms. The van der Waals surface area contributed by atoms with Crippen LogP contribution in [0.2, 0.25) is 0 Å². The minimum absolute atomic E-state index is 0.147. The van der Waals surface area contributed by atoms with E-state index in [-0.39, 0.29) is 17.9 Å². The molecule has 5 nitrogen and oxygen atoms in total. The molecule has 1 aromatic rings. The molecule has 1 amide bonds. The second kappa shape index (κ2) is 5.35. The zero-order valence-corrected chi connectivity index (χ0v) is 13.1. The fourth-order valence-corrected chi connectivity index (χ4v) is 4.27. The normalized spacial score (nSPS) is 29.0. The molecule has 4 atom stereocenters. The van der Waals surface area contributed by atoms with Gasteiger partial charge in [0.1, 0.15) is 0 Å². The average molecular weight is 290 g/mol. The van der Waals surface area contributed by atoms with Crippen LogP contribution < -0.4 is 11.1 Å². The van der Waals surface area contributed by atoms with Gasteiger partial charge in [-0.3, -0.25) is 9.89 Å². The van der Waals surface area contributed by atoms with Crippen LogP contribution in [0.1, 0.15) is 68.6 Å². The van der Waals surface area contributed by atoms with Gasteiger partial charge in [-0.05, 0) is 49.9 Å². The van der Waals surface area contributed by atoms with E-state index in [2.05, 4.69) is 22.4 Å². The summed E-state index contributed by atoms with van der Waals surface area (Å²) >= 11 is 0. The number of hydrogen-bond acceptors (Lipinski definition) is 3. The molecule has 1 aromatic heterocycles. The summed E-state index contributed by atoms with van der Waals surface area (Å²) in [5.41, 5.74) is 7.71. The smallest absolute Gasteiger partial charge is 0.274 e. The fourth-order valence-electron chi connectivity index (χ4n) is 4.27. The van der Waals surface area contributed by atoms with E-state index in [1.165, 1.54) is 25.7 Å². The molecule has 3 rings (SSSR count). The van der Waals surface area contributed by atoms with Crippen LogP contribution >= 0.6 is 0 Å². The Hall–Kier alpha value is -1.52. The van der Waals surface area contributed by atoms with E-state index in [0.29, 0.717) is 17.3 Å². The van der Waals surface area contributed by atoms with E-state index in [1.54, 1.807) is 0 Å². The summed E-state index contributed by atoms with van der Waals surface area (Å²) in [6, 6.07) is 0.200. The molecule has 0 saturated heterocycles. The minimum atomic E-state index is -0.147. The molecule has 2 saturated carbocycles. The predicted octanol–water partition coefficient (Wildman–Crippen LogP) is 2.67. The maximum absolute atomic E-state index is 12.4. The van der Waals surface area contributed by atoms with Gasteiger partial charge < -0.3 is 11.1 Å². The summed E-state index contributed by atoms with van der Waals surface area (Å²) in [5.74, 6) is 2.40. The van der Waals surface area contributed by atoms with E-state index in [1.807, 2.05) is 13.8 Å². The van der Waals surface area contributed by atoms with E-state index in [9.17, 15) is 4.79 Å². The second-order valence-corrected chi connectivity index (χ2v) is 7.16. The summed E-state index contributed by atoms with van der Waals surface area (Å²) in [5, 5.41) is 10.1. The first-order valence-corrected chi connectivity index (χ1v) is 8.12. The molecule has 0 radical (unpaired) electrons. The number of carbonyl (C=O) groups excluding carboxylic acids is 1. The van der Waals surface area contributed by atoms with Crippen LogP contribution in [0.25, 0.3) is 0 Å². The molecule has 2 fully saturated rings. The van der Waals surface area contributed by atoms with Gasteiger partial charge in [0.25, 0.3) is 5.91 Å². The number of aromatic amines is 1. The van der Waals surface area contributed by atoms with Crippen molar-refractivity contribution >= 4 is 11.6 Å². The summed E-state index contributed by atoms with van der Waals surface area (Å²) in [6.07, 6.45) is 5.33. The standard InChI is InChI=1S/C16H26N4O/c1-8(2)14-13(17)15(20-19-14)16(21)18-9(3)12-7-10-4-5-11(12)6-10/h8-12H,4-7,17H2,1-3H3,(H,18,21)(H,19,20). The molecule has 2 aliphatic carbocycles. The fraction of sp³-hybridized carbons (Fsp3) is 0.750. The second-order valence-electron chi connectivity index (χ2n) is 7.16. The van der Waals surface area contributed by atoms with Crippen molar-refractivity contribution in [2.75, 3.05) is 5.73 Å². The summed E-state index contributed by atoms with van der Waals surface area (Å²) in [6.45, 7) is 6.18. The highest BCUT2D eigenvalue weighted by Crippen LogP contribution is 2.49. The monoisotopic (exact) mass is 290 g/mol. The molecule has 0 spiro atoms. The number of nitrogens with zero attached hydrogens (tertiary/aromatic N) is 1. The Bertz CT molecular complexity index is 536. The minimum Gasteiger partial charge on any atom is -0.395 e. The first kappa shape index (κ1) is 14.4. The van der Waals surface area contributed by atoms with Gasteiger partial charge in [-0.1, -0.05) is 20.3 Å². The molecule has 2 aliphatic rings. The molecule has 116 valence electrons. The molecular formula is C16H26N4O. The SMILES string of the molecule is CC(C)c1[nH]nc(C(=O)NC(C)C2CC3CCC2C3)c1N. The number of amides is 1. The number of aromatic nitrogens is 2. The topological polar surface area (TPSA) is 83.8 Å². The number of fused-ring (bicyclic) bond motifs is 2. The average Bonchev–Trinajstić information content (AvgIpc) is 3.12. The maximum Gasteiger partial charge on any atom is 0.274 e. The molecule has 2 bridgehead atoms.